The van der Waals surface area contributed by atoms with E-state index in [4.69, 9.17) is 5.11 Å². The maximum atomic E-state index is 11.5. The zero-order chi connectivity index (χ0) is 16.7. The van der Waals surface area contributed by atoms with Crippen molar-refractivity contribution in [3.63, 3.8) is 0 Å². The Morgan fingerprint density at radius 1 is 1.25 bits per heavy atom. The lowest BCUT2D eigenvalue weighted by Crippen LogP contribution is -2.43. The molecule has 4 N–H and O–H groups in total. The number of aliphatic carboxylic acids is 1. The molecule has 1 unspecified atom stereocenters. The van der Waals surface area contributed by atoms with Crippen molar-refractivity contribution in [2.45, 2.75) is 46.6 Å². The quantitative estimate of drug-likeness (QED) is 0.486. The Morgan fingerprint density at radius 3 is 1.90 bits per heavy atom. The van der Waals surface area contributed by atoms with Crippen LogP contribution < -0.4 is 11.1 Å². The van der Waals surface area contributed by atoms with E-state index in [9.17, 15) is 14.4 Å². The normalized spacial score (nSPS) is 10.3. The van der Waals surface area contributed by atoms with E-state index in [1.165, 1.54) is 6.92 Å². The fourth-order valence-electron chi connectivity index (χ4n) is 1.20. The van der Waals surface area contributed by atoms with Gasteiger partial charge in [-0.25, -0.2) is 0 Å². The number of nitrogens with zero attached hydrogens (tertiary/aromatic N) is 1. The summed E-state index contributed by atoms with van der Waals surface area (Å²) in [5.74, 6) is -1.35. The van der Waals surface area contributed by atoms with Crippen LogP contribution in [0.25, 0.3) is 0 Å². The predicted octanol–water partition coefficient (Wildman–Crippen LogP) is 0.435. The van der Waals surface area contributed by atoms with Crippen molar-refractivity contribution in [1.82, 2.24) is 10.2 Å². The summed E-state index contributed by atoms with van der Waals surface area (Å²) in [5, 5.41) is 11.0. The maximum absolute atomic E-state index is 11.5. The van der Waals surface area contributed by atoms with Crippen LogP contribution >= 0.6 is 0 Å². The van der Waals surface area contributed by atoms with E-state index >= 15 is 0 Å². The van der Waals surface area contributed by atoms with E-state index in [0.29, 0.717) is 6.42 Å². The molecule has 0 aromatic carbocycles. The molecule has 0 aromatic rings. The molecule has 0 saturated carbocycles. The fourth-order valence-corrected chi connectivity index (χ4v) is 1.20. The van der Waals surface area contributed by atoms with Gasteiger partial charge in [-0.15, -0.1) is 0 Å². The number of amides is 2. The van der Waals surface area contributed by atoms with Crippen LogP contribution in [0.1, 0.15) is 40.5 Å². The lowest BCUT2D eigenvalue weighted by molar-refractivity contribution is -0.137. The summed E-state index contributed by atoms with van der Waals surface area (Å²) >= 11 is 0. The Morgan fingerprint density at radius 2 is 1.65 bits per heavy atom. The molecule has 1 atom stereocenters. The molecule has 0 aliphatic carbocycles. The number of carboxylic acids is 1. The Bertz CT molecular complexity index is 277. The van der Waals surface area contributed by atoms with E-state index in [1.807, 2.05) is 39.8 Å². The first-order chi connectivity index (χ1) is 9.22. The Kier molecular flexibility index (Phi) is 18.1. The van der Waals surface area contributed by atoms with E-state index in [1.54, 1.807) is 0 Å². The average Bonchev–Trinajstić information content (AvgIpc) is 2.30. The van der Waals surface area contributed by atoms with Gasteiger partial charge in [-0.05, 0) is 20.5 Å². The zero-order valence-corrected chi connectivity index (χ0v) is 13.4. The van der Waals surface area contributed by atoms with Gasteiger partial charge in [0.25, 0.3) is 0 Å². The third-order valence-corrected chi connectivity index (χ3v) is 1.95. The Hall–Kier alpha value is -1.63. The summed E-state index contributed by atoms with van der Waals surface area (Å²) in [4.78, 5) is 32.7. The van der Waals surface area contributed by atoms with Crippen molar-refractivity contribution in [3.8, 4) is 0 Å². The van der Waals surface area contributed by atoms with Gasteiger partial charge in [0.05, 0.1) is 12.5 Å². The second kappa shape index (κ2) is 15.4. The number of likely N-dealkylation sites (N-methyl/N-ethyl adjacent to an activating group) is 1. The van der Waals surface area contributed by atoms with Crippen LogP contribution in [0.15, 0.2) is 0 Å². The molecule has 0 saturated heterocycles. The van der Waals surface area contributed by atoms with Gasteiger partial charge in [-0.3, -0.25) is 19.3 Å². The van der Waals surface area contributed by atoms with Crippen molar-refractivity contribution in [1.29, 1.82) is 0 Å². The molecule has 0 rings (SSSR count). The first-order valence-corrected chi connectivity index (χ1v) is 6.64. The SMILES string of the molecule is CN(C)C(C[13CH3])C(=O)NCCC(=O)O.C[13C]([15NH2])=O.[13CH3][13CH3]. The number of carbonyl (C=O) groups is 3. The zero-order valence-electron chi connectivity index (χ0n) is 13.4. The highest BCUT2D eigenvalue weighted by Crippen LogP contribution is 1.98. The van der Waals surface area contributed by atoms with Crippen LogP contribution in [0, 0.1) is 0 Å². The molecular formula is C13H29N3O4. The molecular weight excluding hydrogens is 267 g/mol. The van der Waals surface area contributed by atoms with Crippen LogP contribution in [-0.4, -0.2) is 54.5 Å². The minimum Gasteiger partial charge on any atom is -0.481 e. The number of hydrogen-bond donors (Lipinski definition) is 3. The first-order valence-electron chi connectivity index (χ1n) is 6.64. The second-order valence-electron chi connectivity index (χ2n) is 3.93. The number of nitrogens with one attached hydrogen (secondary N) is 1. The lowest BCUT2D eigenvalue weighted by Gasteiger charge is -2.21. The molecule has 0 aliphatic rings. The number of hydrogen-bond acceptors (Lipinski definition) is 4. The number of nitrogens with two attached hydrogens (primary N) is 1. The molecule has 20 heavy (non-hydrogen) atoms. The first kappa shape index (κ1) is 23.5. The number of rotatable bonds is 6. The van der Waals surface area contributed by atoms with Gasteiger partial charge in [0, 0.05) is 13.5 Å². The number of primary amides is 1. The van der Waals surface area contributed by atoms with Crippen LogP contribution in [0.2, 0.25) is 0 Å². The topological polar surface area (TPSA) is 113 Å². The van der Waals surface area contributed by atoms with E-state index in [2.05, 4.69) is 11.1 Å². The van der Waals surface area contributed by atoms with Crippen molar-refractivity contribution >= 4 is 17.8 Å². The standard InChI is InChI=1S/C9H18N2O3.C2H5NO.C2H6/c1-4-7(11(2)3)9(14)10-6-5-8(12)13;1-2(3)4;1-2/h7H,4-6H2,1-3H3,(H,10,14)(H,12,13);1H3,(H2,3,4);1-2H3/i1+1;2+1,3+1;1+1,2+1. The largest absolute Gasteiger partial charge is 0.481 e. The molecule has 0 fully saturated rings. The molecule has 0 spiro atoms. The molecule has 7 heteroatoms. The van der Waals surface area contributed by atoms with E-state index in [0.717, 1.165) is 0 Å². The van der Waals surface area contributed by atoms with Crippen molar-refractivity contribution in [2.24, 2.45) is 5.73 Å². The van der Waals surface area contributed by atoms with E-state index in [-0.39, 0.29) is 30.8 Å². The van der Waals surface area contributed by atoms with Gasteiger partial charge >= 0.3 is 5.97 Å². The van der Waals surface area contributed by atoms with Gasteiger partial charge < -0.3 is 16.2 Å². The van der Waals surface area contributed by atoms with Gasteiger partial charge in [0.1, 0.15) is 0 Å². The smallest absolute Gasteiger partial charge is 0.305 e. The molecule has 0 bridgehead atoms. The van der Waals surface area contributed by atoms with Gasteiger partial charge in [-0.1, -0.05) is 20.8 Å². The average molecular weight is 296 g/mol. The summed E-state index contributed by atoms with van der Waals surface area (Å²) in [6.07, 6.45) is 0.682. The van der Waals surface area contributed by atoms with Crippen molar-refractivity contribution < 1.29 is 19.5 Å². The highest BCUT2D eigenvalue weighted by Gasteiger charge is 2.17. The monoisotopic (exact) mass is 296 g/mol. The minimum absolute atomic E-state index is 0.0321. The third-order valence-electron chi connectivity index (χ3n) is 1.95. The minimum atomic E-state index is -0.900. The van der Waals surface area contributed by atoms with Crippen LogP contribution in [-0.2, 0) is 14.4 Å². The van der Waals surface area contributed by atoms with Crippen molar-refractivity contribution in [3.05, 3.63) is 0 Å². The molecule has 2 amide bonds. The van der Waals surface area contributed by atoms with Crippen molar-refractivity contribution in [2.75, 3.05) is 20.6 Å². The van der Waals surface area contributed by atoms with Gasteiger partial charge in [0.2, 0.25) is 11.8 Å². The molecule has 0 aromatic heterocycles. The molecule has 7 nitrogen and oxygen atoms in total. The summed E-state index contributed by atoms with van der Waals surface area (Å²) in [6, 6.07) is -0.177. The van der Waals surface area contributed by atoms with Crippen LogP contribution in [0.4, 0.5) is 0 Å². The Balaban J connectivity index is -0.000000410. The Labute approximate surface area is 121 Å². The fraction of sp³-hybridized carbons (Fsp3) is 0.769. The highest BCUT2D eigenvalue weighted by atomic mass is 16.4. The number of carbonyl (C=O) groups excluding carboxylic acids is 2. The van der Waals surface area contributed by atoms with Crippen LogP contribution in [0.3, 0.4) is 0 Å². The summed E-state index contributed by atoms with van der Waals surface area (Å²) in [6.45, 7) is 7.42. The summed E-state index contributed by atoms with van der Waals surface area (Å²) < 4.78 is 0. The molecule has 120 valence electrons. The highest BCUT2D eigenvalue weighted by molar-refractivity contribution is 5.82. The number of carboxylic acid groups (broad SMARTS) is 1. The molecule has 0 radical (unpaired) electrons. The molecule has 0 heterocycles. The maximum Gasteiger partial charge on any atom is 0.305 e. The van der Waals surface area contributed by atoms with Crippen LogP contribution in [0.5, 0.6) is 0 Å². The third kappa shape index (κ3) is 18.7. The molecule has 0 aliphatic heterocycles. The lowest BCUT2D eigenvalue weighted by atomic mass is 10.2. The summed E-state index contributed by atoms with van der Waals surface area (Å²) in [7, 11) is 3.65. The summed E-state index contributed by atoms with van der Waals surface area (Å²) in [5.41, 5.74) is 4.47. The van der Waals surface area contributed by atoms with E-state index < -0.39 is 5.97 Å². The van der Waals surface area contributed by atoms with Gasteiger partial charge in [0.15, 0.2) is 0 Å². The predicted molar refractivity (Wildman–Crippen MR) is 79.2 cm³/mol. The van der Waals surface area contributed by atoms with Gasteiger partial charge in [-0.2, -0.15) is 0 Å². The second-order valence-corrected chi connectivity index (χ2v) is 3.93.